The highest BCUT2D eigenvalue weighted by atomic mass is 19.1. The van der Waals surface area contributed by atoms with Crippen LogP contribution in [0, 0.1) is 23.3 Å². The molecule has 0 amide bonds. The molecule has 0 fully saturated rings. The minimum absolute atomic E-state index is 0.0485. The van der Waals surface area contributed by atoms with Gasteiger partial charge in [-0.1, -0.05) is 0 Å². The fourth-order valence-corrected chi connectivity index (χ4v) is 2.21. The summed E-state index contributed by atoms with van der Waals surface area (Å²) in [5.41, 5.74) is 5.60. The van der Waals surface area contributed by atoms with Crippen molar-refractivity contribution in [1.82, 2.24) is 0 Å². The zero-order valence-electron chi connectivity index (χ0n) is 10.9. The van der Waals surface area contributed by atoms with Crippen LogP contribution in [0.15, 0.2) is 36.4 Å². The number of rotatable bonds is 4. The van der Waals surface area contributed by atoms with Gasteiger partial charge < -0.3 is 10.8 Å². The SMILES string of the molecule is NCC(c1cc(F)cc(F)c1)C(O)c1cc(F)cc(F)c1. The first-order chi connectivity index (χ1) is 9.90. The predicted octanol–water partition coefficient (Wildman–Crippen LogP) is 3.02. The van der Waals surface area contributed by atoms with E-state index in [0.717, 1.165) is 24.3 Å². The lowest BCUT2D eigenvalue weighted by Crippen LogP contribution is -2.20. The average molecular weight is 299 g/mol. The van der Waals surface area contributed by atoms with E-state index in [9.17, 15) is 22.7 Å². The van der Waals surface area contributed by atoms with Gasteiger partial charge in [0.25, 0.3) is 0 Å². The Morgan fingerprint density at radius 2 is 1.14 bits per heavy atom. The summed E-state index contributed by atoms with van der Waals surface area (Å²) in [5, 5.41) is 10.2. The molecule has 3 N–H and O–H groups in total. The first-order valence-corrected chi connectivity index (χ1v) is 6.21. The number of aliphatic hydroxyl groups is 1. The van der Waals surface area contributed by atoms with Gasteiger partial charge in [0.15, 0.2) is 0 Å². The summed E-state index contributed by atoms with van der Waals surface area (Å²) in [4.78, 5) is 0. The van der Waals surface area contributed by atoms with E-state index in [4.69, 9.17) is 5.73 Å². The molecule has 0 saturated heterocycles. The summed E-state index contributed by atoms with van der Waals surface area (Å²) in [6.07, 6.45) is -1.39. The van der Waals surface area contributed by atoms with Crippen molar-refractivity contribution >= 4 is 0 Å². The molecule has 2 nitrogen and oxygen atoms in total. The molecular formula is C15H13F4NO. The Labute approximate surface area is 118 Å². The second kappa shape index (κ2) is 6.24. The predicted molar refractivity (Wildman–Crippen MR) is 69.5 cm³/mol. The zero-order chi connectivity index (χ0) is 15.6. The highest BCUT2D eigenvalue weighted by Gasteiger charge is 2.23. The summed E-state index contributed by atoms with van der Waals surface area (Å²) in [5.74, 6) is -4.24. The van der Waals surface area contributed by atoms with E-state index in [2.05, 4.69) is 0 Å². The van der Waals surface area contributed by atoms with Gasteiger partial charge in [0, 0.05) is 24.6 Å². The molecule has 6 heteroatoms. The quantitative estimate of drug-likeness (QED) is 0.853. The first kappa shape index (κ1) is 15.5. The lowest BCUT2D eigenvalue weighted by Gasteiger charge is -2.22. The molecule has 0 aliphatic heterocycles. The van der Waals surface area contributed by atoms with Gasteiger partial charge in [0.05, 0.1) is 6.10 Å². The van der Waals surface area contributed by atoms with Gasteiger partial charge in [0.1, 0.15) is 23.3 Å². The van der Waals surface area contributed by atoms with Crippen LogP contribution in [0.2, 0.25) is 0 Å². The third-order valence-corrected chi connectivity index (χ3v) is 3.17. The van der Waals surface area contributed by atoms with Crippen molar-refractivity contribution in [3.05, 3.63) is 70.8 Å². The number of aliphatic hydroxyl groups excluding tert-OH is 1. The molecule has 0 saturated carbocycles. The normalized spacial score (nSPS) is 14.0. The molecule has 0 bridgehead atoms. The van der Waals surface area contributed by atoms with Crippen molar-refractivity contribution in [2.75, 3.05) is 6.54 Å². The van der Waals surface area contributed by atoms with Gasteiger partial charge in [-0.3, -0.25) is 0 Å². The number of benzene rings is 2. The van der Waals surface area contributed by atoms with Crippen molar-refractivity contribution in [3.8, 4) is 0 Å². The number of nitrogens with two attached hydrogens (primary N) is 1. The smallest absolute Gasteiger partial charge is 0.126 e. The molecule has 0 aliphatic rings. The van der Waals surface area contributed by atoms with Crippen LogP contribution >= 0.6 is 0 Å². The molecule has 0 aliphatic carbocycles. The lowest BCUT2D eigenvalue weighted by atomic mass is 9.89. The zero-order valence-corrected chi connectivity index (χ0v) is 10.9. The fourth-order valence-electron chi connectivity index (χ4n) is 2.21. The lowest BCUT2D eigenvalue weighted by molar-refractivity contribution is 0.146. The van der Waals surface area contributed by atoms with Crippen LogP contribution in [0.25, 0.3) is 0 Å². The van der Waals surface area contributed by atoms with Crippen LogP contribution in [0.4, 0.5) is 17.6 Å². The van der Waals surface area contributed by atoms with Gasteiger partial charge >= 0.3 is 0 Å². The highest BCUT2D eigenvalue weighted by molar-refractivity contribution is 5.29. The van der Waals surface area contributed by atoms with Crippen LogP contribution in [-0.4, -0.2) is 11.7 Å². The van der Waals surface area contributed by atoms with Gasteiger partial charge in [0.2, 0.25) is 0 Å². The number of hydrogen-bond donors (Lipinski definition) is 2. The van der Waals surface area contributed by atoms with E-state index in [1.165, 1.54) is 0 Å². The largest absolute Gasteiger partial charge is 0.388 e. The van der Waals surface area contributed by atoms with Gasteiger partial charge in [-0.25, -0.2) is 17.6 Å². The maximum Gasteiger partial charge on any atom is 0.126 e. The molecule has 112 valence electrons. The Morgan fingerprint density at radius 3 is 1.52 bits per heavy atom. The van der Waals surface area contributed by atoms with Crippen LogP contribution in [0.1, 0.15) is 23.1 Å². The van der Waals surface area contributed by atoms with E-state index in [-0.39, 0.29) is 17.7 Å². The van der Waals surface area contributed by atoms with Gasteiger partial charge in [-0.2, -0.15) is 0 Å². The number of halogens is 4. The summed E-state index contributed by atoms with van der Waals surface area (Å²) in [7, 11) is 0. The maximum absolute atomic E-state index is 13.2. The average Bonchev–Trinajstić information content (AvgIpc) is 2.37. The summed E-state index contributed by atoms with van der Waals surface area (Å²) in [6, 6.07) is 5.30. The molecule has 0 aromatic heterocycles. The Hall–Kier alpha value is -1.92. The topological polar surface area (TPSA) is 46.2 Å². The third kappa shape index (κ3) is 3.59. The molecule has 2 atom stereocenters. The van der Waals surface area contributed by atoms with E-state index in [0.29, 0.717) is 12.1 Å². The minimum atomic E-state index is -1.39. The van der Waals surface area contributed by atoms with Gasteiger partial charge in [-0.05, 0) is 35.4 Å². The molecule has 0 heterocycles. The maximum atomic E-state index is 13.2. The van der Waals surface area contributed by atoms with Crippen molar-refractivity contribution in [2.45, 2.75) is 12.0 Å². The molecule has 2 rings (SSSR count). The highest BCUT2D eigenvalue weighted by Crippen LogP contribution is 2.31. The Kier molecular flexibility index (Phi) is 4.59. The van der Waals surface area contributed by atoms with Crippen LogP contribution in [0.3, 0.4) is 0 Å². The first-order valence-electron chi connectivity index (χ1n) is 6.21. The molecular weight excluding hydrogens is 286 g/mol. The molecule has 0 spiro atoms. The van der Waals surface area contributed by atoms with Crippen molar-refractivity contribution < 1.29 is 22.7 Å². The number of hydrogen-bond acceptors (Lipinski definition) is 2. The van der Waals surface area contributed by atoms with Crippen LogP contribution in [-0.2, 0) is 0 Å². The summed E-state index contributed by atoms with van der Waals surface area (Å²) >= 11 is 0. The Balaban J connectivity index is 2.40. The standard InChI is InChI=1S/C15H13F4NO/c16-10-1-8(2-11(17)5-10)14(7-20)15(21)9-3-12(18)6-13(19)4-9/h1-6,14-15,21H,7,20H2. The van der Waals surface area contributed by atoms with Gasteiger partial charge in [-0.15, -0.1) is 0 Å². The van der Waals surface area contributed by atoms with E-state index < -0.39 is 35.3 Å². The second-order valence-electron chi connectivity index (χ2n) is 4.69. The molecule has 2 aromatic rings. The molecule has 21 heavy (non-hydrogen) atoms. The molecule has 2 unspecified atom stereocenters. The third-order valence-electron chi connectivity index (χ3n) is 3.17. The minimum Gasteiger partial charge on any atom is -0.388 e. The van der Waals surface area contributed by atoms with Crippen molar-refractivity contribution in [1.29, 1.82) is 0 Å². The Bertz CT molecular complexity index is 607. The Morgan fingerprint density at radius 1 is 0.762 bits per heavy atom. The summed E-state index contributed by atoms with van der Waals surface area (Å²) < 4.78 is 52.8. The van der Waals surface area contributed by atoms with E-state index >= 15 is 0 Å². The second-order valence-corrected chi connectivity index (χ2v) is 4.69. The van der Waals surface area contributed by atoms with E-state index in [1.54, 1.807) is 0 Å². The van der Waals surface area contributed by atoms with E-state index in [1.807, 2.05) is 0 Å². The molecule has 0 radical (unpaired) electrons. The van der Waals surface area contributed by atoms with Crippen LogP contribution < -0.4 is 5.73 Å². The van der Waals surface area contributed by atoms with Crippen molar-refractivity contribution in [3.63, 3.8) is 0 Å². The molecule has 2 aromatic carbocycles. The summed E-state index contributed by atoms with van der Waals surface area (Å²) in [6.45, 7) is -0.151. The van der Waals surface area contributed by atoms with Crippen LogP contribution in [0.5, 0.6) is 0 Å². The monoisotopic (exact) mass is 299 g/mol. The fraction of sp³-hybridized carbons (Fsp3) is 0.200. The van der Waals surface area contributed by atoms with Crippen molar-refractivity contribution in [2.24, 2.45) is 5.73 Å².